The largest absolute Gasteiger partial charge is 0.354 e. The van der Waals surface area contributed by atoms with Crippen LogP contribution in [0.15, 0.2) is 6.07 Å². The van der Waals surface area contributed by atoms with Crippen LogP contribution in [0.5, 0.6) is 0 Å². The van der Waals surface area contributed by atoms with Crippen LogP contribution in [-0.2, 0) is 12.8 Å². The molecule has 0 saturated carbocycles. The van der Waals surface area contributed by atoms with Crippen LogP contribution in [0.3, 0.4) is 0 Å². The van der Waals surface area contributed by atoms with Gasteiger partial charge in [-0.15, -0.1) is 0 Å². The van der Waals surface area contributed by atoms with Crippen molar-refractivity contribution in [1.82, 2.24) is 9.88 Å². The number of aromatic amines is 1. The zero-order chi connectivity index (χ0) is 11.8. The van der Waals surface area contributed by atoms with Crippen LogP contribution >= 0.6 is 0 Å². The zero-order valence-corrected chi connectivity index (χ0v) is 10.0. The van der Waals surface area contributed by atoms with Gasteiger partial charge in [-0.3, -0.25) is 4.79 Å². The van der Waals surface area contributed by atoms with Crippen LogP contribution in [0.4, 0.5) is 0 Å². The van der Waals surface area contributed by atoms with Gasteiger partial charge in [0.25, 0.3) is 5.91 Å². The lowest BCUT2D eigenvalue weighted by Gasteiger charge is -2.14. The first-order valence-electron chi connectivity index (χ1n) is 6.49. The minimum absolute atomic E-state index is 0.118. The van der Waals surface area contributed by atoms with E-state index in [-0.39, 0.29) is 11.9 Å². The molecule has 17 heavy (non-hydrogen) atoms. The van der Waals surface area contributed by atoms with E-state index in [2.05, 4.69) is 4.98 Å². The van der Waals surface area contributed by atoms with E-state index in [4.69, 9.17) is 5.73 Å². The third kappa shape index (κ3) is 1.97. The molecule has 3 rings (SSSR count). The number of aryl methyl sites for hydroxylation is 2. The predicted octanol–water partition coefficient (Wildman–Crippen LogP) is 1.07. The van der Waals surface area contributed by atoms with E-state index in [9.17, 15) is 4.79 Å². The number of nitrogens with one attached hydrogen (secondary N) is 1. The zero-order valence-electron chi connectivity index (χ0n) is 10.0. The minimum atomic E-state index is 0.118. The summed E-state index contributed by atoms with van der Waals surface area (Å²) in [5.41, 5.74) is 9.19. The Bertz CT molecular complexity index is 414. The quantitative estimate of drug-likeness (QED) is 0.762. The van der Waals surface area contributed by atoms with Gasteiger partial charge in [-0.2, -0.15) is 0 Å². The average molecular weight is 233 g/mol. The van der Waals surface area contributed by atoms with Crippen LogP contribution < -0.4 is 5.73 Å². The molecule has 1 aliphatic heterocycles. The number of hydrogen-bond donors (Lipinski definition) is 2. The molecule has 0 aromatic carbocycles. The van der Waals surface area contributed by atoms with Crippen molar-refractivity contribution in [3.63, 3.8) is 0 Å². The van der Waals surface area contributed by atoms with Crippen LogP contribution in [0.1, 0.15) is 41.0 Å². The van der Waals surface area contributed by atoms with Gasteiger partial charge in [-0.1, -0.05) is 0 Å². The maximum atomic E-state index is 12.2. The van der Waals surface area contributed by atoms with E-state index < -0.39 is 0 Å². The first-order chi connectivity index (χ1) is 8.24. The Labute approximate surface area is 101 Å². The van der Waals surface area contributed by atoms with E-state index in [1.165, 1.54) is 24.1 Å². The van der Waals surface area contributed by atoms with E-state index >= 15 is 0 Å². The number of fused-ring (bicyclic) bond motifs is 1. The highest BCUT2D eigenvalue weighted by Crippen LogP contribution is 2.23. The number of likely N-dealkylation sites (tertiary alicyclic amines) is 1. The number of rotatable bonds is 1. The lowest BCUT2D eigenvalue weighted by Crippen LogP contribution is -2.32. The molecule has 0 bridgehead atoms. The Morgan fingerprint density at radius 3 is 2.94 bits per heavy atom. The highest BCUT2D eigenvalue weighted by atomic mass is 16.2. The standard InChI is InChI=1S/C13H19N3O/c14-10-5-6-16(8-10)13(17)12-7-9-3-1-2-4-11(9)15-12/h7,10,15H,1-6,8,14H2/t10-/m1/s1. The Kier molecular flexibility index (Phi) is 2.67. The molecule has 0 unspecified atom stereocenters. The number of carbonyl (C=O) groups is 1. The number of H-pyrrole nitrogens is 1. The summed E-state index contributed by atoms with van der Waals surface area (Å²) in [6, 6.07) is 2.20. The number of carbonyl (C=O) groups excluding carboxylic acids is 1. The Morgan fingerprint density at radius 2 is 2.24 bits per heavy atom. The van der Waals surface area contributed by atoms with E-state index in [0.29, 0.717) is 6.54 Å². The molecule has 1 atom stereocenters. The number of nitrogens with zero attached hydrogens (tertiary/aromatic N) is 1. The molecule has 2 heterocycles. The monoisotopic (exact) mass is 233 g/mol. The van der Waals surface area contributed by atoms with Crippen LogP contribution in [0, 0.1) is 0 Å². The maximum Gasteiger partial charge on any atom is 0.270 e. The summed E-state index contributed by atoms with van der Waals surface area (Å²) < 4.78 is 0. The molecule has 0 radical (unpaired) electrons. The second-order valence-corrected chi connectivity index (χ2v) is 5.19. The number of aromatic nitrogens is 1. The van der Waals surface area contributed by atoms with Crippen LogP contribution in [0.25, 0.3) is 0 Å². The van der Waals surface area contributed by atoms with E-state index in [0.717, 1.165) is 31.5 Å². The summed E-state index contributed by atoms with van der Waals surface area (Å²) in [5.74, 6) is 0.118. The first-order valence-corrected chi connectivity index (χ1v) is 6.49. The van der Waals surface area contributed by atoms with Crippen molar-refractivity contribution >= 4 is 5.91 Å². The number of hydrogen-bond acceptors (Lipinski definition) is 2. The topological polar surface area (TPSA) is 62.1 Å². The highest BCUT2D eigenvalue weighted by molar-refractivity contribution is 5.93. The van der Waals surface area contributed by atoms with E-state index in [1.54, 1.807) is 0 Å². The Morgan fingerprint density at radius 1 is 1.41 bits per heavy atom. The molecule has 3 N–H and O–H groups in total. The molecular weight excluding hydrogens is 214 g/mol. The maximum absolute atomic E-state index is 12.2. The van der Waals surface area contributed by atoms with Gasteiger partial charge in [0.2, 0.25) is 0 Å². The molecule has 1 aromatic heterocycles. The third-order valence-electron chi connectivity index (χ3n) is 3.86. The molecule has 0 spiro atoms. The van der Waals surface area contributed by atoms with Crippen molar-refractivity contribution in [3.8, 4) is 0 Å². The second-order valence-electron chi connectivity index (χ2n) is 5.19. The molecule has 92 valence electrons. The average Bonchev–Trinajstić information content (AvgIpc) is 2.93. The van der Waals surface area contributed by atoms with Gasteiger partial charge in [-0.05, 0) is 43.7 Å². The van der Waals surface area contributed by atoms with Gasteiger partial charge in [0.15, 0.2) is 0 Å². The summed E-state index contributed by atoms with van der Waals surface area (Å²) in [7, 11) is 0. The van der Waals surface area contributed by atoms with Crippen molar-refractivity contribution in [2.45, 2.75) is 38.1 Å². The van der Waals surface area contributed by atoms with Crippen LogP contribution in [0.2, 0.25) is 0 Å². The van der Waals surface area contributed by atoms with Crippen molar-refractivity contribution in [1.29, 1.82) is 0 Å². The second kappa shape index (κ2) is 4.18. The smallest absolute Gasteiger partial charge is 0.270 e. The van der Waals surface area contributed by atoms with Crippen molar-refractivity contribution in [2.75, 3.05) is 13.1 Å². The summed E-state index contributed by atoms with van der Waals surface area (Å²) in [6.45, 7) is 1.49. The molecular formula is C13H19N3O. The molecule has 1 fully saturated rings. The van der Waals surface area contributed by atoms with Gasteiger partial charge in [0.1, 0.15) is 5.69 Å². The van der Waals surface area contributed by atoms with Gasteiger partial charge >= 0.3 is 0 Å². The molecule has 1 saturated heterocycles. The van der Waals surface area contributed by atoms with Crippen LogP contribution in [-0.4, -0.2) is 34.9 Å². The predicted molar refractivity (Wildman–Crippen MR) is 65.9 cm³/mol. The Balaban J connectivity index is 1.79. The molecule has 4 nitrogen and oxygen atoms in total. The SMILES string of the molecule is N[C@@H]1CCN(C(=O)c2cc3c([nH]2)CCCC3)C1. The van der Waals surface area contributed by atoms with Gasteiger partial charge < -0.3 is 15.6 Å². The fourth-order valence-corrected chi connectivity index (χ4v) is 2.86. The lowest BCUT2D eigenvalue weighted by molar-refractivity contribution is 0.0785. The number of nitrogens with two attached hydrogens (primary N) is 1. The molecule has 4 heteroatoms. The first kappa shape index (κ1) is 10.8. The summed E-state index contributed by atoms with van der Waals surface area (Å²) in [6.07, 6.45) is 5.59. The minimum Gasteiger partial charge on any atom is -0.354 e. The fraction of sp³-hybridized carbons (Fsp3) is 0.615. The molecule has 2 aliphatic rings. The van der Waals surface area contributed by atoms with Crippen molar-refractivity contribution in [3.05, 3.63) is 23.0 Å². The van der Waals surface area contributed by atoms with Crippen molar-refractivity contribution < 1.29 is 4.79 Å². The summed E-state index contributed by atoms with van der Waals surface area (Å²) in [4.78, 5) is 17.4. The summed E-state index contributed by atoms with van der Waals surface area (Å²) >= 11 is 0. The van der Waals surface area contributed by atoms with Crippen molar-refractivity contribution in [2.24, 2.45) is 5.73 Å². The molecule has 1 amide bonds. The van der Waals surface area contributed by atoms with E-state index in [1.807, 2.05) is 11.0 Å². The number of amides is 1. The third-order valence-corrected chi connectivity index (χ3v) is 3.86. The van der Waals surface area contributed by atoms with Gasteiger partial charge in [0, 0.05) is 24.8 Å². The van der Waals surface area contributed by atoms with Gasteiger partial charge in [-0.25, -0.2) is 0 Å². The van der Waals surface area contributed by atoms with Gasteiger partial charge in [0.05, 0.1) is 0 Å². The normalized spacial score (nSPS) is 23.8. The summed E-state index contributed by atoms with van der Waals surface area (Å²) in [5, 5.41) is 0. The molecule has 1 aromatic rings. The Hall–Kier alpha value is -1.29. The lowest BCUT2D eigenvalue weighted by atomic mass is 9.98. The fourth-order valence-electron chi connectivity index (χ4n) is 2.86. The highest BCUT2D eigenvalue weighted by Gasteiger charge is 2.26. The molecule has 1 aliphatic carbocycles.